The lowest BCUT2D eigenvalue weighted by atomic mass is 10.3. The summed E-state index contributed by atoms with van der Waals surface area (Å²) in [6.45, 7) is 4.78. The third kappa shape index (κ3) is 3.34. The molecule has 1 fully saturated rings. The fourth-order valence-corrected chi connectivity index (χ4v) is 2.91. The molecule has 7 heteroatoms. The number of nitrogens with zero attached hydrogens (tertiary/aromatic N) is 3. The molecular weight excluding hydrogens is 276 g/mol. The van der Waals surface area contributed by atoms with Gasteiger partial charge in [0, 0.05) is 44.5 Å². The van der Waals surface area contributed by atoms with Gasteiger partial charge in [-0.15, -0.1) is 11.3 Å². The molecule has 1 aliphatic rings. The molecule has 0 aliphatic carbocycles. The fourth-order valence-electron chi connectivity index (χ4n) is 2.26. The van der Waals surface area contributed by atoms with E-state index in [0.29, 0.717) is 38.3 Å². The standard InChI is InChI=1S/C13H20N4O2S/c1-2-12(18)16-4-3-5-17(7-6-16)13(19)10-9-20-11(8-14)15-10/h9H,2-8,14H2,1H3. The van der Waals surface area contributed by atoms with Crippen molar-refractivity contribution in [3.8, 4) is 0 Å². The molecule has 0 aromatic carbocycles. The Morgan fingerprint density at radius 2 is 2.00 bits per heavy atom. The number of carbonyl (C=O) groups is 2. The van der Waals surface area contributed by atoms with Gasteiger partial charge in [-0.2, -0.15) is 0 Å². The average molecular weight is 296 g/mol. The normalized spacial score (nSPS) is 16.1. The van der Waals surface area contributed by atoms with Crippen molar-refractivity contribution in [1.29, 1.82) is 0 Å². The van der Waals surface area contributed by atoms with Crippen molar-refractivity contribution in [3.63, 3.8) is 0 Å². The van der Waals surface area contributed by atoms with Crippen molar-refractivity contribution in [2.75, 3.05) is 26.2 Å². The number of rotatable bonds is 3. The molecule has 1 aromatic heterocycles. The summed E-state index contributed by atoms with van der Waals surface area (Å²) >= 11 is 1.41. The van der Waals surface area contributed by atoms with Crippen molar-refractivity contribution in [1.82, 2.24) is 14.8 Å². The van der Waals surface area contributed by atoms with E-state index in [2.05, 4.69) is 4.98 Å². The molecule has 0 bridgehead atoms. The lowest BCUT2D eigenvalue weighted by Gasteiger charge is -2.21. The predicted molar refractivity (Wildman–Crippen MR) is 77.4 cm³/mol. The molecule has 2 amide bonds. The Morgan fingerprint density at radius 3 is 2.65 bits per heavy atom. The van der Waals surface area contributed by atoms with Gasteiger partial charge in [0.2, 0.25) is 5.91 Å². The van der Waals surface area contributed by atoms with E-state index in [1.54, 1.807) is 10.3 Å². The van der Waals surface area contributed by atoms with E-state index in [-0.39, 0.29) is 11.8 Å². The molecule has 0 unspecified atom stereocenters. The third-order valence-corrected chi connectivity index (χ3v) is 4.25. The fraction of sp³-hybridized carbons (Fsp3) is 0.615. The monoisotopic (exact) mass is 296 g/mol. The molecule has 2 heterocycles. The summed E-state index contributed by atoms with van der Waals surface area (Å²) in [4.78, 5) is 31.9. The van der Waals surface area contributed by atoms with Crippen molar-refractivity contribution in [2.45, 2.75) is 26.3 Å². The number of aromatic nitrogens is 1. The smallest absolute Gasteiger partial charge is 0.273 e. The first-order valence-corrected chi connectivity index (χ1v) is 7.75. The summed E-state index contributed by atoms with van der Waals surface area (Å²) in [5.74, 6) is 0.0881. The lowest BCUT2D eigenvalue weighted by molar-refractivity contribution is -0.130. The van der Waals surface area contributed by atoms with Crippen LogP contribution in [0, 0.1) is 0 Å². The molecule has 1 aromatic rings. The second kappa shape index (κ2) is 6.81. The lowest BCUT2D eigenvalue weighted by Crippen LogP contribution is -2.37. The molecule has 110 valence electrons. The second-order valence-corrected chi connectivity index (χ2v) is 5.65. The predicted octanol–water partition coefficient (Wildman–Crippen LogP) is 0.686. The molecule has 2 N–H and O–H groups in total. The summed E-state index contributed by atoms with van der Waals surface area (Å²) in [5, 5.41) is 2.52. The SMILES string of the molecule is CCC(=O)N1CCCN(C(=O)c2csc(CN)n2)CC1. The summed E-state index contributed by atoms with van der Waals surface area (Å²) in [6.07, 6.45) is 1.32. The van der Waals surface area contributed by atoms with Gasteiger partial charge in [-0.05, 0) is 6.42 Å². The number of amides is 2. The van der Waals surface area contributed by atoms with E-state index < -0.39 is 0 Å². The summed E-state index contributed by atoms with van der Waals surface area (Å²) in [6, 6.07) is 0. The zero-order valence-electron chi connectivity index (χ0n) is 11.7. The van der Waals surface area contributed by atoms with Crippen LogP contribution in [-0.2, 0) is 11.3 Å². The molecular formula is C13H20N4O2S. The molecule has 0 saturated carbocycles. The topological polar surface area (TPSA) is 79.5 Å². The van der Waals surface area contributed by atoms with E-state index in [1.807, 2.05) is 11.8 Å². The second-order valence-electron chi connectivity index (χ2n) is 4.71. The minimum Gasteiger partial charge on any atom is -0.341 e. The molecule has 0 radical (unpaired) electrons. The maximum Gasteiger partial charge on any atom is 0.273 e. The first-order chi connectivity index (χ1) is 9.65. The van der Waals surface area contributed by atoms with Gasteiger partial charge in [0.1, 0.15) is 10.7 Å². The average Bonchev–Trinajstić information content (AvgIpc) is 2.82. The van der Waals surface area contributed by atoms with E-state index in [9.17, 15) is 9.59 Å². The van der Waals surface area contributed by atoms with Gasteiger partial charge >= 0.3 is 0 Å². The highest BCUT2D eigenvalue weighted by Gasteiger charge is 2.23. The van der Waals surface area contributed by atoms with Gasteiger partial charge in [-0.3, -0.25) is 9.59 Å². The van der Waals surface area contributed by atoms with Crippen LogP contribution in [0.15, 0.2) is 5.38 Å². The molecule has 0 atom stereocenters. The first-order valence-electron chi connectivity index (χ1n) is 6.87. The maximum atomic E-state index is 12.4. The van der Waals surface area contributed by atoms with Crippen molar-refractivity contribution in [2.24, 2.45) is 5.73 Å². The van der Waals surface area contributed by atoms with Crippen LogP contribution in [0.2, 0.25) is 0 Å². The third-order valence-electron chi connectivity index (χ3n) is 3.38. The van der Waals surface area contributed by atoms with Crippen LogP contribution in [0.3, 0.4) is 0 Å². The Morgan fingerprint density at radius 1 is 1.30 bits per heavy atom. The Labute approximate surface area is 122 Å². The summed E-state index contributed by atoms with van der Waals surface area (Å²) in [7, 11) is 0. The van der Waals surface area contributed by atoms with Crippen molar-refractivity contribution < 1.29 is 9.59 Å². The van der Waals surface area contributed by atoms with Crippen LogP contribution in [-0.4, -0.2) is 52.8 Å². The number of hydrogen-bond acceptors (Lipinski definition) is 5. The Bertz CT molecular complexity index is 488. The van der Waals surface area contributed by atoms with E-state index >= 15 is 0 Å². The van der Waals surface area contributed by atoms with Crippen molar-refractivity contribution >= 4 is 23.2 Å². The Kier molecular flexibility index (Phi) is 5.08. The quantitative estimate of drug-likeness (QED) is 0.890. The zero-order chi connectivity index (χ0) is 14.5. The Hall–Kier alpha value is -1.47. The highest BCUT2D eigenvalue weighted by atomic mass is 32.1. The van der Waals surface area contributed by atoms with Gasteiger partial charge < -0.3 is 15.5 Å². The number of hydrogen-bond donors (Lipinski definition) is 1. The summed E-state index contributed by atoms with van der Waals surface area (Å²) in [5.41, 5.74) is 5.98. The van der Waals surface area contributed by atoms with Crippen LogP contribution in [0.4, 0.5) is 0 Å². The number of nitrogens with two attached hydrogens (primary N) is 1. The largest absolute Gasteiger partial charge is 0.341 e. The molecule has 0 spiro atoms. The van der Waals surface area contributed by atoms with Crippen LogP contribution >= 0.6 is 11.3 Å². The van der Waals surface area contributed by atoms with Gasteiger partial charge in [0.15, 0.2) is 0 Å². The Balaban J connectivity index is 1.99. The van der Waals surface area contributed by atoms with Gasteiger partial charge in [-0.1, -0.05) is 6.92 Å². The highest BCUT2D eigenvalue weighted by Crippen LogP contribution is 2.13. The van der Waals surface area contributed by atoms with Gasteiger partial charge in [0.05, 0.1) is 0 Å². The zero-order valence-corrected chi connectivity index (χ0v) is 12.5. The van der Waals surface area contributed by atoms with Crippen LogP contribution in [0.1, 0.15) is 35.3 Å². The molecule has 1 aliphatic heterocycles. The van der Waals surface area contributed by atoms with E-state index in [0.717, 1.165) is 18.0 Å². The van der Waals surface area contributed by atoms with E-state index in [1.165, 1.54) is 11.3 Å². The molecule has 6 nitrogen and oxygen atoms in total. The maximum absolute atomic E-state index is 12.4. The van der Waals surface area contributed by atoms with Crippen LogP contribution < -0.4 is 5.73 Å². The molecule has 20 heavy (non-hydrogen) atoms. The van der Waals surface area contributed by atoms with E-state index in [4.69, 9.17) is 5.73 Å². The van der Waals surface area contributed by atoms with Crippen LogP contribution in [0.5, 0.6) is 0 Å². The molecule has 1 saturated heterocycles. The summed E-state index contributed by atoms with van der Waals surface area (Å²) < 4.78 is 0. The minimum absolute atomic E-state index is 0.0632. The minimum atomic E-state index is -0.0632. The number of carbonyl (C=O) groups excluding carboxylic acids is 2. The van der Waals surface area contributed by atoms with Gasteiger partial charge in [-0.25, -0.2) is 4.98 Å². The first kappa shape index (κ1) is 14.9. The van der Waals surface area contributed by atoms with Crippen LogP contribution in [0.25, 0.3) is 0 Å². The highest BCUT2D eigenvalue weighted by molar-refractivity contribution is 7.09. The van der Waals surface area contributed by atoms with Gasteiger partial charge in [0.25, 0.3) is 5.91 Å². The number of thiazole rings is 1. The molecule has 2 rings (SSSR count). The van der Waals surface area contributed by atoms with Crippen molar-refractivity contribution in [3.05, 3.63) is 16.1 Å².